The van der Waals surface area contributed by atoms with Gasteiger partial charge in [0, 0.05) is 30.4 Å². The van der Waals surface area contributed by atoms with Crippen molar-refractivity contribution in [3.05, 3.63) is 77.5 Å². The van der Waals surface area contributed by atoms with E-state index in [1.54, 1.807) is 36.5 Å². The van der Waals surface area contributed by atoms with Gasteiger partial charge < -0.3 is 9.64 Å². The average Bonchev–Trinajstić information content (AvgIpc) is 2.73. The number of hydrogen-bond donors (Lipinski definition) is 0. The molecule has 0 amide bonds. The summed E-state index contributed by atoms with van der Waals surface area (Å²) in [6, 6.07) is 12.9. The Bertz CT molecular complexity index is 901. The maximum absolute atomic E-state index is 13.1. The minimum atomic E-state index is -4.52. The zero-order chi connectivity index (χ0) is 20.9. The smallest absolute Gasteiger partial charge is 0.378 e. The van der Waals surface area contributed by atoms with Crippen LogP contribution in [0, 0.1) is 0 Å². The maximum atomic E-state index is 13.1. The highest BCUT2D eigenvalue weighted by Crippen LogP contribution is 2.31. The SMILES string of the molecule is O=C(CC(=O)c1ccccc1)/C(=C/N1CCOCC1)c1cccc(C(F)(F)F)c1. The van der Waals surface area contributed by atoms with Crippen molar-refractivity contribution in [1.82, 2.24) is 4.90 Å². The monoisotopic (exact) mass is 403 g/mol. The molecule has 1 aliphatic rings. The first-order valence-electron chi connectivity index (χ1n) is 9.17. The third-order valence-electron chi connectivity index (χ3n) is 4.58. The standard InChI is InChI=1S/C22H20F3NO3/c23-22(24,25)18-8-4-7-17(13-18)19(15-26-9-11-29-12-10-26)21(28)14-20(27)16-5-2-1-3-6-16/h1-8,13,15H,9-12,14H2/b19-15+. The van der Waals surface area contributed by atoms with Crippen LogP contribution in [-0.4, -0.2) is 42.8 Å². The number of rotatable bonds is 6. The molecule has 2 aromatic carbocycles. The Hall–Kier alpha value is -2.93. The van der Waals surface area contributed by atoms with Gasteiger partial charge in [-0.3, -0.25) is 9.59 Å². The molecule has 0 N–H and O–H groups in total. The molecule has 1 fully saturated rings. The van der Waals surface area contributed by atoms with Crippen LogP contribution in [0.4, 0.5) is 13.2 Å². The molecule has 4 nitrogen and oxygen atoms in total. The predicted octanol–water partition coefficient (Wildman–Crippen LogP) is 4.22. The molecule has 0 aliphatic carbocycles. The number of alkyl halides is 3. The Balaban J connectivity index is 1.92. The van der Waals surface area contributed by atoms with Crippen LogP contribution in [0.2, 0.25) is 0 Å². The number of nitrogens with zero attached hydrogens (tertiary/aromatic N) is 1. The second-order valence-corrected chi connectivity index (χ2v) is 6.66. The van der Waals surface area contributed by atoms with Gasteiger partial charge in [-0.15, -0.1) is 0 Å². The van der Waals surface area contributed by atoms with E-state index in [0.29, 0.717) is 31.9 Å². The first kappa shape index (κ1) is 20.8. The van der Waals surface area contributed by atoms with Crippen molar-refractivity contribution in [2.45, 2.75) is 12.6 Å². The van der Waals surface area contributed by atoms with Gasteiger partial charge in [0.25, 0.3) is 0 Å². The van der Waals surface area contributed by atoms with Crippen LogP contribution in [0.3, 0.4) is 0 Å². The number of carbonyl (C=O) groups is 2. The lowest BCUT2D eigenvalue weighted by molar-refractivity contribution is -0.137. The van der Waals surface area contributed by atoms with Gasteiger partial charge in [0.1, 0.15) is 0 Å². The van der Waals surface area contributed by atoms with Gasteiger partial charge in [-0.25, -0.2) is 0 Å². The normalized spacial score (nSPS) is 15.3. The van der Waals surface area contributed by atoms with Crippen molar-refractivity contribution < 1.29 is 27.5 Å². The van der Waals surface area contributed by atoms with E-state index in [-0.39, 0.29) is 16.9 Å². The minimum absolute atomic E-state index is 0.0854. The van der Waals surface area contributed by atoms with Gasteiger partial charge in [-0.1, -0.05) is 42.5 Å². The Kier molecular flexibility index (Phi) is 6.49. The van der Waals surface area contributed by atoms with E-state index in [0.717, 1.165) is 12.1 Å². The van der Waals surface area contributed by atoms with Crippen LogP contribution in [0.25, 0.3) is 5.57 Å². The molecule has 0 unspecified atom stereocenters. The number of ketones is 2. The fraction of sp³-hybridized carbons (Fsp3) is 0.273. The summed E-state index contributed by atoms with van der Waals surface area (Å²) in [7, 11) is 0. The fourth-order valence-corrected chi connectivity index (χ4v) is 3.03. The Morgan fingerprint density at radius 3 is 2.28 bits per heavy atom. The van der Waals surface area contributed by atoms with Crippen LogP contribution in [0.5, 0.6) is 0 Å². The third-order valence-corrected chi connectivity index (χ3v) is 4.58. The van der Waals surface area contributed by atoms with Crippen molar-refractivity contribution in [1.29, 1.82) is 0 Å². The van der Waals surface area contributed by atoms with Crippen LogP contribution < -0.4 is 0 Å². The molecule has 7 heteroatoms. The predicted molar refractivity (Wildman–Crippen MR) is 102 cm³/mol. The summed E-state index contributed by atoms with van der Waals surface area (Å²) < 4.78 is 44.7. The highest BCUT2D eigenvalue weighted by Gasteiger charge is 2.31. The third kappa shape index (κ3) is 5.54. The first-order valence-corrected chi connectivity index (χ1v) is 9.17. The van der Waals surface area contributed by atoms with Crippen LogP contribution in [0.15, 0.2) is 60.8 Å². The average molecular weight is 403 g/mol. The number of Topliss-reactive ketones (excluding diaryl/α,β-unsaturated/α-hetero) is 2. The number of carbonyl (C=O) groups excluding carboxylic acids is 2. The highest BCUT2D eigenvalue weighted by atomic mass is 19.4. The van der Waals surface area contributed by atoms with E-state index in [1.165, 1.54) is 12.1 Å². The van der Waals surface area contributed by atoms with Crippen molar-refractivity contribution in [3.8, 4) is 0 Å². The van der Waals surface area contributed by atoms with E-state index in [1.807, 2.05) is 4.90 Å². The molecular weight excluding hydrogens is 383 g/mol. The van der Waals surface area contributed by atoms with Gasteiger partial charge in [0.05, 0.1) is 25.2 Å². The summed E-state index contributed by atoms with van der Waals surface area (Å²) in [5.74, 6) is -0.903. The van der Waals surface area contributed by atoms with Gasteiger partial charge in [-0.2, -0.15) is 13.2 Å². The molecule has 3 rings (SSSR count). The van der Waals surface area contributed by atoms with E-state index in [4.69, 9.17) is 4.74 Å². The lowest BCUT2D eigenvalue weighted by atomic mass is 9.95. The summed E-state index contributed by atoms with van der Waals surface area (Å²) in [6.45, 7) is 1.96. The zero-order valence-electron chi connectivity index (χ0n) is 15.6. The summed E-state index contributed by atoms with van der Waals surface area (Å²) in [4.78, 5) is 27.2. The van der Waals surface area contributed by atoms with Crippen LogP contribution in [-0.2, 0) is 15.7 Å². The van der Waals surface area contributed by atoms with E-state index < -0.39 is 23.9 Å². The summed E-state index contributed by atoms with van der Waals surface area (Å²) in [6.07, 6.45) is -3.40. The van der Waals surface area contributed by atoms with Gasteiger partial charge in [-0.05, 0) is 17.7 Å². The maximum Gasteiger partial charge on any atom is 0.416 e. The molecule has 0 bridgehead atoms. The first-order chi connectivity index (χ1) is 13.8. The van der Waals surface area contributed by atoms with Gasteiger partial charge in [0.15, 0.2) is 11.6 Å². The number of hydrogen-bond acceptors (Lipinski definition) is 4. The molecule has 152 valence electrons. The molecule has 0 atom stereocenters. The second-order valence-electron chi connectivity index (χ2n) is 6.66. The van der Waals surface area contributed by atoms with Gasteiger partial charge in [0.2, 0.25) is 0 Å². The topological polar surface area (TPSA) is 46.6 Å². The molecule has 0 radical (unpaired) electrons. The summed E-state index contributed by atoms with van der Waals surface area (Å²) in [5.41, 5.74) is -0.236. The fourth-order valence-electron chi connectivity index (χ4n) is 3.03. The molecular formula is C22H20F3NO3. The number of morpholine rings is 1. The molecule has 1 saturated heterocycles. The molecule has 0 saturated carbocycles. The van der Waals surface area contributed by atoms with Crippen molar-refractivity contribution in [2.24, 2.45) is 0 Å². The number of benzene rings is 2. The molecule has 29 heavy (non-hydrogen) atoms. The van der Waals surface area contributed by atoms with E-state index in [9.17, 15) is 22.8 Å². The molecule has 2 aromatic rings. The van der Waals surface area contributed by atoms with E-state index >= 15 is 0 Å². The van der Waals surface area contributed by atoms with Crippen LogP contribution >= 0.6 is 0 Å². The Morgan fingerprint density at radius 2 is 1.62 bits per heavy atom. The van der Waals surface area contributed by atoms with Gasteiger partial charge >= 0.3 is 6.18 Å². The van der Waals surface area contributed by atoms with Crippen molar-refractivity contribution in [2.75, 3.05) is 26.3 Å². The van der Waals surface area contributed by atoms with Crippen molar-refractivity contribution >= 4 is 17.1 Å². The number of halogens is 3. The lowest BCUT2D eigenvalue weighted by Gasteiger charge is -2.26. The summed E-state index contributed by atoms with van der Waals surface area (Å²) in [5, 5.41) is 0. The zero-order valence-corrected chi connectivity index (χ0v) is 15.6. The van der Waals surface area contributed by atoms with Crippen molar-refractivity contribution in [3.63, 3.8) is 0 Å². The molecule has 0 aromatic heterocycles. The Labute approximate surface area is 166 Å². The molecule has 1 heterocycles. The molecule has 1 aliphatic heterocycles. The second kappa shape index (κ2) is 9.05. The lowest BCUT2D eigenvalue weighted by Crippen LogP contribution is -2.32. The number of allylic oxidation sites excluding steroid dienone is 1. The summed E-state index contributed by atoms with van der Waals surface area (Å²) >= 11 is 0. The number of ether oxygens (including phenoxy) is 1. The quantitative estimate of drug-likeness (QED) is 0.412. The molecule has 0 spiro atoms. The van der Waals surface area contributed by atoms with Crippen LogP contribution in [0.1, 0.15) is 27.9 Å². The Morgan fingerprint density at radius 1 is 0.966 bits per heavy atom. The van der Waals surface area contributed by atoms with E-state index in [2.05, 4.69) is 0 Å². The largest absolute Gasteiger partial charge is 0.416 e. The highest BCUT2D eigenvalue weighted by molar-refractivity contribution is 6.27. The minimum Gasteiger partial charge on any atom is -0.378 e.